The van der Waals surface area contributed by atoms with Crippen LogP contribution in [-0.4, -0.2) is 15.3 Å². The van der Waals surface area contributed by atoms with Crippen LogP contribution in [0.1, 0.15) is 5.56 Å². The van der Waals surface area contributed by atoms with Gasteiger partial charge in [0.05, 0.1) is 16.6 Å². The van der Waals surface area contributed by atoms with Gasteiger partial charge in [0.25, 0.3) is 0 Å². The lowest BCUT2D eigenvalue weighted by atomic mass is 10.1. The van der Waals surface area contributed by atoms with Gasteiger partial charge in [0.2, 0.25) is 5.91 Å². The van der Waals surface area contributed by atoms with Gasteiger partial charge in [0.15, 0.2) is 5.65 Å². The second-order valence-electron chi connectivity index (χ2n) is 6.30. The van der Waals surface area contributed by atoms with Crippen molar-refractivity contribution >= 4 is 49.1 Å². The Balaban J connectivity index is 1.55. The van der Waals surface area contributed by atoms with Gasteiger partial charge in [-0.05, 0) is 67.8 Å². The lowest BCUT2D eigenvalue weighted by molar-refractivity contribution is -0.115. The summed E-state index contributed by atoms with van der Waals surface area (Å²) in [5.41, 5.74) is 3.94. The average Bonchev–Trinajstić information content (AvgIpc) is 3.08. The van der Waals surface area contributed by atoms with Crippen LogP contribution in [0.25, 0.3) is 16.9 Å². The van der Waals surface area contributed by atoms with Crippen LogP contribution in [-0.2, 0) is 11.2 Å². The summed E-state index contributed by atoms with van der Waals surface area (Å²) in [5.74, 6) is -0.478. The molecule has 4 rings (SSSR count). The quantitative estimate of drug-likeness (QED) is 0.380. The van der Waals surface area contributed by atoms with Gasteiger partial charge in [-0.1, -0.05) is 24.3 Å². The predicted octanol–water partition coefficient (Wildman–Crippen LogP) is 5.85. The fourth-order valence-corrected chi connectivity index (χ4v) is 4.21. The summed E-state index contributed by atoms with van der Waals surface area (Å²) in [6.45, 7) is 0. The molecule has 0 radical (unpaired) electrons. The van der Waals surface area contributed by atoms with Gasteiger partial charge >= 0.3 is 0 Å². The van der Waals surface area contributed by atoms with Crippen molar-refractivity contribution in [2.24, 2.45) is 0 Å². The Labute approximate surface area is 177 Å². The molecule has 4 nitrogen and oxygen atoms in total. The van der Waals surface area contributed by atoms with Crippen LogP contribution in [0.2, 0.25) is 0 Å². The fourth-order valence-electron chi connectivity index (χ4n) is 2.91. The number of anilines is 1. The topological polar surface area (TPSA) is 46.4 Å². The highest BCUT2D eigenvalue weighted by molar-refractivity contribution is 9.11. The van der Waals surface area contributed by atoms with Gasteiger partial charge < -0.3 is 9.72 Å². The molecule has 2 heterocycles. The summed E-state index contributed by atoms with van der Waals surface area (Å²) in [6, 6.07) is 15.4. The minimum Gasteiger partial charge on any atom is -0.326 e. The van der Waals surface area contributed by atoms with E-state index >= 15 is 0 Å². The first kappa shape index (κ1) is 18.8. The Morgan fingerprint density at radius 2 is 1.86 bits per heavy atom. The summed E-state index contributed by atoms with van der Waals surface area (Å²) >= 11 is 6.99. The Hall–Kier alpha value is -2.51. The van der Waals surface area contributed by atoms with E-state index < -0.39 is 0 Å². The Morgan fingerprint density at radius 3 is 2.64 bits per heavy atom. The highest BCUT2D eigenvalue weighted by Gasteiger charge is 2.10. The van der Waals surface area contributed by atoms with E-state index in [2.05, 4.69) is 42.2 Å². The summed E-state index contributed by atoms with van der Waals surface area (Å²) in [4.78, 5) is 17.0. The molecular weight excluding hydrogens is 489 g/mol. The van der Waals surface area contributed by atoms with Crippen molar-refractivity contribution in [3.8, 4) is 11.3 Å². The molecule has 0 aliphatic rings. The van der Waals surface area contributed by atoms with E-state index in [0.29, 0.717) is 5.69 Å². The van der Waals surface area contributed by atoms with Gasteiger partial charge in [0.1, 0.15) is 5.82 Å². The van der Waals surface area contributed by atoms with E-state index in [-0.39, 0.29) is 18.1 Å². The molecule has 2 aromatic heterocycles. The van der Waals surface area contributed by atoms with Gasteiger partial charge in [-0.25, -0.2) is 9.37 Å². The molecule has 0 unspecified atom stereocenters. The average molecular weight is 503 g/mol. The smallest absolute Gasteiger partial charge is 0.228 e. The molecule has 140 valence electrons. The summed E-state index contributed by atoms with van der Waals surface area (Å²) in [5, 5.41) is 2.89. The number of rotatable bonds is 4. The van der Waals surface area contributed by atoms with Crippen molar-refractivity contribution in [2.75, 3.05) is 5.32 Å². The van der Waals surface area contributed by atoms with Crippen LogP contribution < -0.4 is 5.32 Å². The summed E-state index contributed by atoms with van der Waals surface area (Å²) in [6.07, 6.45) is 4.05. The summed E-state index contributed by atoms with van der Waals surface area (Å²) in [7, 11) is 0. The third kappa shape index (κ3) is 4.15. The molecule has 0 fully saturated rings. The van der Waals surface area contributed by atoms with E-state index in [4.69, 9.17) is 0 Å². The van der Waals surface area contributed by atoms with Crippen molar-refractivity contribution in [1.29, 1.82) is 0 Å². The number of hydrogen-bond acceptors (Lipinski definition) is 2. The van der Waals surface area contributed by atoms with E-state index in [1.807, 2.05) is 47.1 Å². The van der Waals surface area contributed by atoms with E-state index in [1.165, 1.54) is 12.1 Å². The Bertz CT molecular complexity index is 1170. The van der Waals surface area contributed by atoms with Crippen molar-refractivity contribution in [3.63, 3.8) is 0 Å². The zero-order valence-corrected chi connectivity index (χ0v) is 17.7. The first-order valence-electron chi connectivity index (χ1n) is 8.46. The number of aromatic nitrogens is 2. The molecule has 0 aliphatic carbocycles. The molecule has 1 N–H and O–H groups in total. The maximum Gasteiger partial charge on any atom is 0.228 e. The lowest BCUT2D eigenvalue weighted by Crippen LogP contribution is -2.14. The Morgan fingerprint density at radius 1 is 1.07 bits per heavy atom. The van der Waals surface area contributed by atoms with Gasteiger partial charge in [-0.2, -0.15) is 0 Å². The molecule has 4 aromatic rings. The molecule has 0 spiro atoms. The number of nitrogens with zero attached hydrogens (tertiary/aromatic N) is 2. The minimum absolute atomic E-state index is 0.162. The van der Waals surface area contributed by atoms with Crippen molar-refractivity contribution < 1.29 is 9.18 Å². The SMILES string of the molecule is O=C(Cc1ccc(F)cc1)Nc1cccc(-c2cn3cc(Br)cc(Br)c3n2)c1. The highest BCUT2D eigenvalue weighted by atomic mass is 79.9. The van der Waals surface area contributed by atoms with Crippen LogP contribution in [0, 0.1) is 5.82 Å². The van der Waals surface area contributed by atoms with Crippen molar-refractivity contribution in [3.05, 3.63) is 87.3 Å². The molecule has 2 aromatic carbocycles. The number of amides is 1. The monoisotopic (exact) mass is 501 g/mol. The van der Waals surface area contributed by atoms with E-state index in [0.717, 1.165) is 31.4 Å². The predicted molar refractivity (Wildman–Crippen MR) is 115 cm³/mol. The normalized spacial score (nSPS) is 11.0. The number of carbonyl (C=O) groups is 1. The van der Waals surface area contributed by atoms with Crippen LogP contribution in [0.4, 0.5) is 10.1 Å². The zero-order chi connectivity index (χ0) is 19.7. The third-order valence-corrected chi connectivity index (χ3v) is 5.21. The standard InChI is InChI=1S/C21H14Br2FN3O/c22-15-10-18(23)21-26-19(12-27(21)11-15)14-2-1-3-17(9-14)25-20(28)8-13-4-6-16(24)7-5-13/h1-7,9-12H,8H2,(H,25,28). The van der Waals surface area contributed by atoms with Crippen LogP contribution in [0.5, 0.6) is 0 Å². The molecule has 0 bridgehead atoms. The number of pyridine rings is 1. The highest BCUT2D eigenvalue weighted by Crippen LogP contribution is 2.27. The number of nitrogens with one attached hydrogen (secondary N) is 1. The molecule has 28 heavy (non-hydrogen) atoms. The molecule has 0 saturated carbocycles. The second-order valence-corrected chi connectivity index (χ2v) is 8.07. The van der Waals surface area contributed by atoms with Crippen molar-refractivity contribution in [2.45, 2.75) is 6.42 Å². The molecular formula is C21H14Br2FN3O. The van der Waals surface area contributed by atoms with Crippen molar-refractivity contribution in [1.82, 2.24) is 9.38 Å². The molecule has 1 amide bonds. The number of halogens is 3. The van der Waals surface area contributed by atoms with Gasteiger partial charge in [0, 0.05) is 28.1 Å². The third-order valence-electron chi connectivity index (χ3n) is 4.19. The first-order chi connectivity index (χ1) is 13.5. The second kappa shape index (κ2) is 7.85. The number of imidazole rings is 1. The molecule has 0 saturated heterocycles. The number of fused-ring (bicyclic) bond motifs is 1. The number of hydrogen-bond donors (Lipinski definition) is 1. The van der Waals surface area contributed by atoms with Gasteiger partial charge in [-0.3, -0.25) is 4.79 Å². The summed E-state index contributed by atoms with van der Waals surface area (Å²) < 4.78 is 16.7. The Kier molecular flexibility index (Phi) is 5.28. The van der Waals surface area contributed by atoms with Crippen LogP contribution in [0.15, 0.2) is 75.9 Å². The minimum atomic E-state index is -0.317. The molecule has 0 atom stereocenters. The van der Waals surface area contributed by atoms with E-state index in [9.17, 15) is 9.18 Å². The van der Waals surface area contributed by atoms with E-state index in [1.54, 1.807) is 12.1 Å². The maximum absolute atomic E-state index is 13.0. The zero-order valence-electron chi connectivity index (χ0n) is 14.5. The van der Waals surface area contributed by atoms with Crippen LogP contribution in [0.3, 0.4) is 0 Å². The first-order valence-corrected chi connectivity index (χ1v) is 10.0. The largest absolute Gasteiger partial charge is 0.326 e. The maximum atomic E-state index is 13.0. The lowest BCUT2D eigenvalue weighted by Gasteiger charge is -2.07. The van der Waals surface area contributed by atoms with Crippen LogP contribution >= 0.6 is 31.9 Å². The molecule has 0 aliphatic heterocycles. The number of benzene rings is 2. The van der Waals surface area contributed by atoms with Gasteiger partial charge in [-0.15, -0.1) is 0 Å². The number of carbonyl (C=O) groups excluding carboxylic acids is 1. The fraction of sp³-hybridized carbons (Fsp3) is 0.0476. The molecule has 7 heteroatoms.